The highest BCUT2D eigenvalue weighted by atomic mass is 15.2. The van der Waals surface area contributed by atoms with Crippen LogP contribution in [0.5, 0.6) is 0 Å². The van der Waals surface area contributed by atoms with Crippen LogP contribution < -0.4 is 5.73 Å². The van der Waals surface area contributed by atoms with Gasteiger partial charge in [-0.3, -0.25) is 0 Å². The average Bonchev–Trinajstić information content (AvgIpc) is 2.99. The molecule has 0 unspecified atom stereocenters. The van der Waals surface area contributed by atoms with Crippen LogP contribution in [-0.2, 0) is 0 Å². The zero-order valence-corrected chi connectivity index (χ0v) is 11.5. The zero-order chi connectivity index (χ0) is 12.0. The van der Waals surface area contributed by atoms with Crippen LogP contribution in [0.3, 0.4) is 0 Å². The van der Waals surface area contributed by atoms with Crippen LogP contribution in [0.15, 0.2) is 0 Å². The predicted octanol–water partition coefficient (Wildman–Crippen LogP) is 3.02. The molecule has 96 valence electrons. The lowest BCUT2D eigenvalue weighted by Crippen LogP contribution is -2.29. The minimum atomic E-state index is 0.441. The quantitative estimate of drug-likeness (QED) is 0.655. The van der Waals surface area contributed by atoms with Crippen LogP contribution in [0.1, 0.15) is 59.3 Å². The van der Waals surface area contributed by atoms with Crippen molar-refractivity contribution in [3.05, 3.63) is 0 Å². The Labute approximate surface area is 102 Å². The highest BCUT2D eigenvalue weighted by Crippen LogP contribution is 2.29. The molecular weight excluding hydrogens is 196 g/mol. The van der Waals surface area contributed by atoms with Crippen LogP contribution >= 0.6 is 0 Å². The second kappa shape index (κ2) is 6.61. The van der Waals surface area contributed by atoms with Crippen molar-refractivity contribution in [2.75, 3.05) is 19.6 Å². The summed E-state index contributed by atoms with van der Waals surface area (Å²) < 4.78 is 0. The Morgan fingerprint density at radius 3 is 2.38 bits per heavy atom. The summed E-state index contributed by atoms with van der Waals surface area (Å²) in [5, 5.41) is 0. The van der Waals surface area contributed by atoms with Gasteiger partial charge in [-0.25, -0.2) is 0 Å². The van der Waals surface area contributed by atoms with Crippen molar-refractivity contribution in [3.8, 4) is 0 Å². The Bertz CT molecular complexity index is 185. The molecule has 0 heterocycles. The van der Waals surface area contributed by atoms with Gasteiger partial charge in [-0.1, -0.05) is 20.8 Å². The minimum Gasteiger partial charge on any atom is -0.330 e. The Balaban J connectivity index is 2.16. The molecule has 1 aliphatic carbocycles. The molecule has 1 rings (SSSR count). The van der Waals surface area contributed by atoms with Gasteiger partial charge in [-0.15, -0.1) is 0 Å². The molecule has 0 aliphatic heterocycles. The largest absolute Gasteiger partial charge is 0.330 e. The molecule has 2 N–H and O–H groups in total. The fourth-order valence-corrected chi connectivity index (χ4v) is 2.48. The van der Waals surface area contributed by atoms with Crippen molar-refractivity contribution in [3.63, 3.8) is 0 Å². The molecule has 0 amide bonds. The molecule has 1 aliphatic rings. The van der Waals surface area contributed by atoms with E-state index < -0.39 is 0 Å². The van der Waals surface area contributed by atoms with Crippen molar-refractivity contribution >= 4 is 0 Å². The van der Waals surface area contributed by atoms with E-state index in [1.807, 2.05) is 0 Å². The maximum Gasteiger partial charge on any atom is 0.00964 e. The van der Waals surface area contributed by atoms with Crippen LogP contribution in [-0.4, -0.2) is 30.6 Å². The molecule has 0 bridgehead atoms. The first-order chi connectivity index (χ1) is 7.59. The van der Waals surface area contributed by atoms with E-state index in [2.05, 4.69) is 25.7 Å². The number of nitrogens with zero attached hydrogens (tertiary/aromatic N) is 1. The van der Waals surface area contributed by atoms with E-state index >= 15 is 0 Å². The summed E-state index contributed by atoms with van der Waals surface area (Å²) in [6, 6.07) is 0.928. The van der Waals surface area contributed by atoms with Gasteiger partial charge in [0.2, 0.25) is 0 Å². The van der Waals surface area contributed by atoms with Gasteiger partial charge in [0.25, 0.3) is 0 Å². The SMILES string of the molecule is CCCN(CCCC(C)(C)CCN)C1CC1. The summed E-state index contributed by atoms with van der Waals surface area (Å²) in [7, 11) is 0. The standard InChI is InChI=1S/C14H30N2/c1-4-11-16(13-6-7-13)12-5-8-14(2,3)9-10-15/h13H,4-12,15H2,1-3H3. The van der Waals surface area contributed by atoms with Crippen LogP contribution in [0.2, 0.25) is 0 Å². The minimum absolute atomic E-state index is 0.441. The monoisotopic (exact) mass is 226 g/mol. The van der Waals surface area contributed by atoms with Crippen molar-refractivity contribution in [1.29, 1.82) is 0 Å². The first-order valence-electron chi connectivity index (χ1n) is 7.03. The molecular formula is C14H30N2. The Kier molecular flexibility index (Phi) is 5.77. The number of rotatable bonds is 9. The normalized spacial score (nSPS) is 17.1. The molecule has 0 aromatic carbocycles. The topological polar surface area (TPSA) is 29.3 Å². The lowest BCUT2D eigenvalue weighted by atomic mass is 9.84. The number of hydrogen-bond acceptors (Lipinski definition) is 2. The highest BCUT2D eigenvalue weighted by molar-refractivity contribution is 4.84. The van der Waals surface area contributed by atoms with Gasteiger partial charge in [0.05, 0.1) is 0 Å². The fourth-order valence-electron chi connectivity index (χ4n) is 2.48. The van der Waals surface area contributed by atoms with Crippen molar-refractivity contribution < 1.29 is 0 Å². The third-order valence-electron chi connectivity index (χ3n) is 3.69. The van der Waals surface area contributed by atoms with Gasteiger partial charge < -0.3 is 10.6 Å². The second-order valence-electron chi connectivity index (χ2n) is 6.07. The van der Waals surface area contributed by atoms with E-state index in [0.717, 1.165) is 19.0 Å². The van der Waals surface area contributed by atoms with Gasteiger partial charge in [-0.2, -0.15) is 0 Å². The zero-order valence-electron chi connectivity index (χ0n) is 11.5. The molecule has 1 fully saturated rings. The molecule has 0 aromatic heterocycles. The maximum absolute atomic E-state index is 5.64. The van der Waals surface area contributed by atoms with Gasteiger partial charge >= 0.3 is 0 Å². The third kappa shape index (κ3) is 5.31. The molecule has 1 saturated carbocycles. The molecule has 0 saturated heterocycles. The molecule has 2 nitrogen and oxygen atoms in total. The van der Waals surface area contributed by atoms with E-state index in [-0.39, 0.29) is 0 Å². The second-order valence-corrected chi connectivity index (χ2v) is 6.07. The first kappa shape index (κ1) is 14.0. The molecule has 2 heteroatoms. The van der Waals surface area contributed by atoms with Gasteiger partial charge in [0.15, 0.2) is 0 Å². The van der Waals surface area contributed by atoms with Gasteiger partial charge in [0.1, 0.15) is 0 Å². The van der Waals surface area contributed by atoms with Gasteiger partial charge in [-0.05, 0) is 63.6 Å². The molecule has 0 aromatic rings. The molecule has 0 atom stereocenters. The summed E-state index contributed by atoms with van der Waals surface area (Å²) in [5.41, 5.74) is 6.08. The number of nitrogens with two attached hydrogens (primary N) is 1. The van der Waals surface area contributed by atoms with E-state index in [1.165, 1.54) is 45.2 Å². The highest BCUT2D eigenvalue weighted by Gasteiger charge is 2.28. The van der Waals surface area contributed by atoms with Gasteiger partial charge in [0, 0.05) is 6.04 Å². The van der Waals surface area contributed by atoms with Crippen LogP contribution in [0, 0.1) is 5.41 Å². The summed E-state index contributed by atoms with van der Waals surface area (Å²) in [5.74, 6) is 0. The molecule has 0 radical (unpaired) electrons. The fraction of sp³-hybridized carbons (Fsp3) is 1.00. The molecule has 0 spiro atoms. The summed E-state index contributed by atoms with van der Waals surface area (Å²) in [6.45, 7) is 10.4. The Hall–Kier alpha value is -0.0800. The average molecular weight is 226 g/mol. The van der Waals surface area contributed by atoms with Crippen LogP contribution in [0.25, 0.3) is 0 Å². The van der Waals surface area contributed by atoms with Crippen molar-refractivity contribution in [2.24, 2.45) is 11.1 Å². The van der Waals surface area contributed by atoms with E-state index in [0.29, 0.717) is 5.41 Å². The Morgan fingerprint density at radius 1 is 1.19 bits per heavy atom. The summed E-state index contributed by atoms with van der Waals surface area (Å²) in [6.07, 6.45) is 7.98. The third-order valence-corrected chi connectivity index (χ3v) is 3.69. The number of hydrogen-bond donors (Lipinski definition) is 1. The van der Waals surface area contributed by atoms with Crippen LogP contribution in [0.4, 0.5) is 0 Å². The molecule has 16 heavy (non-hydrogen) atoms. The Morgan fingerprint density at radius 2 is 1.88 bits per heavy atom. The van der Waals surface area contributed by atoms with E-state index in [1.54, 1.807) is 0 Å². The van der Waals surface area contributed by atoms with E-state index in [4.69, 9.17) is 5.73 Å². The summed E-state index contributed by atoms with van der Waals surface area (Å²) >= 11 is 0. The first-order valence-corrected chi connectivity index (χ1v) is 7.03. The van der Waals surface area contributed by atoms with Crippen molar-refractivity contribution in [2.45, 2.75) is 65.3 Å². The summed E-state index contributed by atoms with van der Waals surface area (Å²) in [4.78, 5) is 2.69. The predicted molar refractivity (Wildman–Crippen MR) is 71.6 cm³/mol. The smallest absolute Gasteiger partial charge is 0.00964 e. The van der Waals surface area contributed by atoms with E-state index in [9.17, 15) is 0 Å². The lowest BCUT2D eigenvalue weighted by molar-refractivity contribution is 0.228. The maximum atomic E-state index is 5.64. The van der Waals surface area contributed by atoms with Crippen molar-refractivity contribution in [1.82, 2.24) is 4.90 Å². The lowest BCUT2D eigenvalue weighted by Gasteiger charge is -2.26.